The van der Waals surface area contributed by atoms with Crippen LogP contribution in [-0.2, 0) is 16.0 Å². The number of benzene rings is 1. The number of carbonyl (C=O) groups excluding carboxylic acids is 2. The molecule has 1 fully saturated rings. The van der Waals surface area contributed by atoms with Crippen LogP contribution in [0.1, 0.15) is 84.3 Å². The molecule has 0 saturated heterocycles. The quantitative estimate of drug-likeness (QED) is 0.464. The van der Waals surface area contributed by atoms with Crippen LogP contribution in [0.15, 0.2) is 29.8 Å². The minimum Gasteiger partial charge on any atom is -0.427 e. The molecule has 0 spiro atoms. The van der Waals surface area contributed by atoms with Crippen LogP contribution in [0.25, 0.3) is 0 Å². The Morgan fingerprint density at radius 2 is 1.84 bits per heavy atom. The first-order valence-electron chi connectivity index (χ1n) is 12.0. The van der Waals surface area contributed by atoms with E-state index in [9.17, 15) is 9.59 Å². The fraction of sp³-hybridized carbons (Fsp3) is 0.630. The number of allylic oxidation sites excluding steroid dienone is 1. The molecule has 0 aromatic heterocycles. The molecule has 4 unspecified atom stereocenters. The lowest BCUT2D eigenvalue weighted by atomic mass is 9.54. The number of carbonyl (C=O) groups is 2. The minimum absolute atomic E-state index is 0.0184. The van der Waals surface area contributed by atoms with Gasteiger partial charge in [0.05, 0.1) is 0 Å². The van der Waals surface area contributed by atoms with Gasteiger partial charge in [-0.05, 0) is 101 Å². The summed E-state index contributed by atoms with van der Waals surface area (Å²) >= 11 is 0. The maximum Gasteiger partial charge on any atom is 0.308 e. The van der Waals surface area contributed by atoms with Gasteiger partial charge in [-0.2, -0.15) is 0 Å². The zero-order valence-corrected chi connectivity index (χ0v) is 19.9. The molecule has 31 heavy (non-hydrogen) atoms. The SMILES string of the molecule is CC(=O)Oc1ccc2c(c1)CCC1C2CCC2(C)C(C(=O)N(C(C)C)C(C)C)=CCC12. The molecule has 0 radical (unpaired) electrons. The summed E-state index contributed by atoms with van der Waals surface area (Å²) in [4.78, 5) is 27.0. The van der Waals surface area contributed by atoms with Gasteiger partial charge in [-0.1, -0.05) is 19.1 Å². The standard InChI is InChI=1S/C27H37NO3/c1-16(2)28(17(3)4)26(30)25-12-11-24-23-9-7-19-15-20(31-18(5)29)8-10-21(19)22(23)13-14-27(24,25)6/h8,10,12,15-17,22-24H,7,9,11,13-14H2,1-6H3. The minimum atomic E-state index is -0.270. The van der Waals surface area contributed by atoms with E-state index in [-0.39, 0.29) is 29.4 Å². The first-order valence-corrected chi connectivity index (χ1v) is 12.0. The molecular weight excluding hydrogens is 386 g/mol. The van der Waals surface area contributed by atoms with Crippen molar-refractivity contribution in [2.75, 3.05) is 0 Å². The normalized spacial score (nSPS) is 29.2. The largest absolute Gasteiger partial charge is 0.427 e. The second-order valence-electron chi connectivity index (χ2n) is 10.6. The maximum atomic E-state index is 13.6. The van der Waals surface area contributed by atoms with Crippen LogP contribution in [0.2, 0.25) is 0 Å². The lowest BCUT2D eigenvalue weighted by Gasteiger charge is -2.50. The Labute approximate surface area is 187 Å². The van der Waals surface area contributed by atoms with Crippen LogP contribution in [-0.4, -0.2) is 28.9 Å². The Hall–Kier alpha value is -2.10. The molecule has 4 nitrogen and oxygen atoms in total. The van der Waals surface area contributed by atoms with Crippen molar-refractivity contribution in [1.29, 1.82) is 0 Å². The number of fused-ring (bicyclic) bond motifs is 5. The summed E-state index contributed by atoms with van der Waals surface area (Å²) in [6.07, 6.45) is 7.63. The molecule has 1 saturated carbocycles. The molecule has 168 valence electrons. The lowest BCUT2D eigenvalue weighted by molar-refractivity contribution is -0.133. The molecule has 1 amide bonds. The van der Waals surface area contributed by atoms with Gasteiger partial charge < -0.3 is 9.64 Å². The van der Waals surface area contributed by atoms with Crippen LogP contribution < -0.4 is 4.74 Å². The van der Waals surface area contributed by atoms with Crippen molar-refractivity contribution in [3.05, 3.63) is 41.0 Å². The van der Waals surface area contributed by atoms with E-state index in [1.807, 2.05) is 6.07 Å². The van der Waals surface area contributed by atoms with Gasteiger partial charge >= 0.3 is 5.97 Å². The van der Waals surface area contributed by atoms with Crippen LogP contribution >= 0.6 is 0 Å². The zero-order valence-electron chi connectivity index (χ0n) is 19.9. The van der Waals surface area contributed by atoms with E-state index < -0.39 is 0 Å². The Morgan fingerprint density at radius 3 is 2.48 bits per heavy atom. The average molecular weight is 424 g/mol. The first-order chi connectivity index (χ1) is 14.6. The van der Waals surface area contributed by atoms with Crippen molar-refractivity contribution < 1.29 is 14.3 Å². The van der Waals surface area contributed by atoms with Crippen LogP contribution in [0, 0.1) is 17.3 Å². The fourth-order valence-electron chi connectivity index (χ4n) is 6.89. The zero-order chi connectivity index (χ0) is 22.5. The van der Waals surface area contributed by atoms with Crippen molar-refractivity contribution >= 4 is 11.9 Å². The second kappa shape index (κ2) is 8.11. The van der Waals surface area contributed by atoms with E-state index in [1.54, 1.807) is 0 Å². The van der Waals surface area contributed by atoms with Gasteiger partial charge in [-0.25, -0.2) is 0 Å². The summed E-state index contributed by atoms with van der Waals surface area (Å²) in [5.74, 6) is 2.32. The van der Waals surface area contributed by atoms with Gasteiger partial charge in [-0.3, -0.25) is 9.59 Å². The van der Waals surface area contributed by atoms with Gasteiger partial charge in [0.1, 0.15) is 5.75 Å². The molecule has 3 aliphatic rings. The smallest absolute Gasteiger partial charge is 0.308 e. The summed E-state index contributed by atoms with van der Waals surface area (Å²) in [7, 11) is 0. The topological polar surface area (TPSA) is 46.6 Å². The highest BCUT2D eigenvalue weighted by Crippen LogP contribution is 2.61. The number of amides is 1. The predicted octanol–water partition coefficient (Wildman–Crippen LogP) is 5.65. The number of rotatable bonds is 4. The molecule has 0 heterocycles. The highest BCUT2D eigenvalue weighted by atomic mass is 16.5. The van der Waals surface area contributed by atoms with Crippen molar-refractivity contribution in [2.45, 2.75) is 91.6 Å². The molecule has 4 heteroatoms. The Bertz CT molecular complexity index is 907. The van der Waals surface area contributed by atoms with Gasteiger partial charge in [0, 0.05) is 30.0 Å². The van der Waals surface area contributed by atoms with Gasteiger partial charge in [0.25, 0.3) is 0 Å². The van der Waals surface area contributed by atoms with Crippen LogP contribution in [0.5, 0.6) is 5.75 Å². The summed E-state index contributed by atoms with van der Waals surface area (Å²) in [5, 5.41) is 0. The molecular formula is C27H37NO3. The monoisotopic (exact) mass is 423 g/mol. The third-order valence-electron chi connectivity index (χ3n) is 8.12. The Morgan fingerprint density at radius 1 is 1.13 bits per heavy atom. The second-order valence-corrected chi connectivity index (χ2v) is 10.6. The molecule has 0 N–H and O–H groups in total. The third-order valence-corrected chi connectivity index (χ3v) is 8.12. The summed E-state index contributed by atoms with van der Waals surface area (Å²) in [5.41, 5.74) is 3.81. The van der Waals surface area contributed by atoms with E-state index in [0.29, 0.717) is 23.5 Å². The average Bonchev–Trinajstić information content (AvgIpc) is 3.03. The Balaban J connectivity index is 1.58. The lowest BCUT2D eigenvalue weighted by Crippen LogP contribution is -2.48. The molecule has 4 rings (SSSR count). The number of nitrogens with zero attached hydrogens (tertiary/aromatic N) is 1. The highest BCUT2D eigenvalue weighted by molar-refractivity contribution is 5.95. The van der Waals surface area contributed by atoms with Crippen molar-refractivity contribution in [2.24, 2.45) is 17.3 Å². The molecule has 3 aliphatic carbocycles. The third kappa shape index (κ3) is 3.72. The molecule has 4 atom stereocenters. The van der Waals surface area contributed by atoms with E-state index >= 15 is 0 Å². The molecule has 0 aliphatic heterocycles. The van der Waals surface area contributed by atoms with Crippen molar-refractivity contribution in [1.82, 2.24) is 4.90 Å². The number of ether oxygens (including phenoxy) is 1. The predicted molar refractivity (Wildman–Crippen MR) is 123 cm³/mol. The maximum absolute atomic E-state index is 13.6. The van der Waals surface area contributed by atoms with Gasteiger partial charge in [-0.15, -0.1) is 0 Å². The van der Waals surface area contributed by atoms with Gasteiger partial charge in [0.15, 0.2) is 0 Å². The van der Waals surface area contributed by atoms with Crippen molar-refractivity contribution in [3.8, 4) is 5.75 Å². The summed E-state index contributed by atoms with van der Waals surface area (Å²) in [6.45, 7) is 12.3. The van der Waals surface area contributed by atoms with E-state index in [4.69, 9.17) is 4.74 Å². The van der Waals surface area contributed by atoms with Crippen molar-refractivity contribution in [3.63, 3.8) is 0 Å². The molecule has 0 bridgehead atoms. The number of esters is 1. The van der Waals surface area contributed by atoms with E-state index in [1.165, 1.54) is 18.1 Å². The van der Waals surface area contributed by atoms with E-state index in [0.717, 1.165) is 37.7 Å². The molecule has 1 aromatic carbocycles. The summed E-state index contributed by atoms with van der Waals surface area (Å²) < 4.78 is 5.31. The van der Waals surface area contributed by atoms with Crippen LogP contribution in [0.3, 0.4) is 0 Å². The number of aryl methyl sites for hydroxylation is 1. The van der Waals surface area contributed by atoms with Gasteiger partial charge in [0.2, 0.25) is 5.91 Å². The highest BCUT2D eigenvalue weighted by Gasteiger charge is 2.53. The fourth-order valence-corrected chi connectivity index (χ4v) is 6.89. The first kappa shape index (κ1) is 22.1. The van der Waals surface area contributed by atoms with Crippen LogP contribution in [0.4, 0.5) is 0 Å². The Kier molecular flexibility index (Phi) is 5.78. The van der Waals surface area contributed by atoms with E-state index in [2.05, 4.69) is 57.7 Å². The number of hydrogen-bond donors (Lipinski definition) is 0. The molecule has 1 aromatic rings. The summed E-state index contributed by atoms with van der Waals surface area (Å²) in [6, 6.07) is 6.61. The number of hydrogen-bond acceptors (Lipinski definition) is 3.